The van der Waals surface area contributed by atoms with Crippen LogP contribution in [-0.4, -0.2) is 77.3 Å². The van der Waals surface area contributed by atoms with Crippen molar-refractivity contribution in [1.29, 1.82) is 0 Å². The maximum Gasteiger partial charge on any atom is 0.573 e. The molecule has 8 nitrogen and oxygen atoms in total. The average molecular weight is 620 g/mol. The monoisotopic (exact) mass is 619 g/mol. The number of hydrogen-bond acceptors (Lipinski definition) is 6. The molecule has 0 spiro atoms. The first-order chi connectivity index (χ1) is 19.3. The van der Waals surface area contributed by atoms with Crippen molar-refractivity contribution in [3.8, 4) is 5.75 Å². The minimum Gasteiger partial charge on any atom is -0.406 e. The molecule has 0 aromatic heterocycles. The molecule has 1 fully saturated rings. The van der Waals surface area contributed by atoms with Crippen molar-refractivity contribution in [2.45, 2.75) is 43.0 Å². The van der Waals surface area contributed by atoms with Crippen LogP contribution in [0.3, 0.4) is 0 Å². The van der Waals surface area contributed by atoms with Gasteiger partial charge < -0.3 is 19.7 Å². The first-order valence-corrected chi connectivity index (χ1v) is 15.2. The van der Waals surface area contributed by atoms with E-state index in [-0.39, 0.29) is 30.6 Å². The van der Waals surface area contributed by atoms with Crippen LogP contribution < -0.4 is 10.1 Å². The molecule has 0 bridgehead atoms. The van der Waals surface area contributed by atoms with Crippen molar-refractivity contribution < 1.29 is 35.9 Å². The van der Waals surface area contributed by atoms with Crippen molar-refractivity contribution in [3.05, 3.63) is 59.1 Å². The molecule has 13 heteroatoms. The Hall–Kier alpha value is -2.38. The number of amides is 1. The van der Waals surface area contributed by atoms with Crippen LogP contribution in [0.25, 0.3) is 0 Å². The highest BCUT2D eigenvalue weighted by Crippen LogP contribution is 2.39. The van der Waals surface area contributed by atoms with Crippen molar-refractivity contribution in [2.75, 3.05) is 47.4 Å². The zero-order valence-corrected chi connectivity index (χ0v) is 24.9. The van der Waals surface area contributed by atoms with Gasteiger partial charge in [0.05, 0.1) is 11.5 Å². The second kappa shape index (κ2) is 14.7. The molecule has 2 aromatic rings. The molecule has 228 valence electrons. The molecule has 0 heterocycles. The lowest BCUT2D eigenvalue weighted by Gasteiger charge is -2.37. The van der Waals surface area contributed by atoms with Crippen LogP contribution in [0, 0.1) is 11.8 Å². The maximum absolute atomic E-state index is 12.7. The Kier molecular flexibility index (Phi) is 11.9. The van der Waals surface area contributed by atoms with Crippen LogP contribution in [-0.2, 0) is 19.6 Å². The number of alkyl halides is 3. The molecule has 1 amide bonds. The van der Waals surface area contributed by atoms with Crippen LogP contribution in [0.15, 0.2) is 53.4 Å². The number of nitrogens with zero attached hydrogens (tertiary/aromatic N) is 2. The van der Waals surface area contributed by atoms with E-state index >= 15 is 0 Å². The summed E-state index contributed by atoms with van der Waals surface area (Å²) >= 11 is 6.06. The number of nitrogens with one attached hydrogen (secondary N) is 1. The highest BCUT2D eigenvalue weighted by Gasteiger charge is 2.32. The summed E-state index contributed by atoms with van der Waals surface area (Å²) in [4.78, 5) is 14.3. The van der Waals surface area contributed by atoms with Crippen LogP contribution in [0.1, 0.15) is 37.3 Å². The van der Waals surface area contributed by atoms with E-state index in [0.717, 1.165) is 59.3 Å². The Morgan fingerprint density at radius 3 is 2.20 bits per heavy atom. The number of hydrogen-bond donors (Lipinski definition) is 1. The minimum atomic E-state index is -4.87. The first-order valence-electron chi connectivity index (χ1n) is 13.3. The number of rotatable bonds is 13. The normalized spacial score (nSPS) is 18.9. The lowest BCUT2D eigenvalue weighted by molar-refractivity contribution is -0.274. The predicted molar refractivity (Wildman–Crippen MR) is 150 cm³/mol. The van der Waals surface area contributed by atoms with Gasteiger partial charge in [-0.3, -0.25) is 4.79 Å². The standard InChI is InChI=1S/C28H37ClF3N3O5S/c1-34(2)27(22-8-10-23(29)11-9-22)21-6-4-20(5-7-21)18-33-26(36)19-39-17-16-35(3)41(37,38)25-14-12-24(13-15-25)40-28(30,31)32/h8-15,20-21,27H,4-7,16-19H2,1-3H3,(H,33,36). The van der Waals surface area contributed by atoms with E-state index in [1.807, 2.05) is 12.1 Å². The van der Waals surface area contributed by atoms with Gasteiger partial charge in [0, 0.05) is 31.2 Å². The number of benzene rings is 2. The van der Waals surface area contributed by atoms with E-state index in [1.54, 1.807) is 0 Å². The predicted octanol–water partition coefficient (Wildman–Crippen LogP) is 5.10. The van der Waals surface area contributed by atoms with E-state index in [1.165, 1.54) is 12.6 Å². The molecule has 1 aliphatic carbocycles. The second-order valence-electron chi connectivity index (χ2n) is 10.4. The van der Waals surface area contributed by atoms with E-state index in [4.69, 9.17) is 16.3 Å². The number of sulfonamides is 1. The Labute approximate surface area is 244 Å². The lowest BCUT2D eigenvalue weighted by Crippen LogP contribution is -2.36. The molecule has 1 unspecified atom stereocenters. The van der Waals surface area contributed by atoms with Gasteiger partial charge in [-0.25, -0.2) is 8.42 Å². The van der Waals surface area contributed by atoms with E-state index in [0.29, 0.717) is 24.4 Å². The molecular weight excluding hydrogens is 583 g/mol. The van der Waals surface area contributed by atoms with Gasteiger partial charge in [-0.2, -0.15) is 4.31 Å². The van der Waals surface area contributed by atoms with Crippen molar-refractivity contribution in [1.82, 2.24) is 14.5 Å². The van der Waals surface area contributed by atoms with Gasteiger partial charge in [0.2, 0.25) is 15.9 Å². The van der Waals surface area contributed by atoms with Crippen LogP contribution in [0.2, 0.25) is 5.02 Å². The van der Waals surface area contributed by atoms with Crippen LogP contribution in [0.4, 0.5) is 13.2 Å². The summed E-state index contributed by atoms with van der Waals surface area (Å²) in [6, 6.07) is 12.3. The summed E-state index contributed by atoms with van der Waals surface area (Å²) in [5.41, 5.74) is 1.25. The summed E-state index contributed by atoms with van der Waals surface area (Å²) in [6.07, 6.45) is -0.734. The summed E-state index contributed by atoms with van der Waals surface area (Å²) in [5, 5.41) is 3.63. The fourth-order valence-electron chi connectivity index (χ4n) is 5.14. The molecule has 1 saturated carbocycles. The van der Waals surface area contributed by atoms with Gasteiger partial charge in [0.25, 0.3) is 0 Å². The number of ether oxygens (including phenoxy) is 2. The van der Waals surface area contributed by atoms with Gasteiger partial charge in [-0.1, -0.05) is 23.7 Å². The zero-order valence-electron chi connectivity index (χ0n) is 23.4. The maximum atomic E-state index is 12.7. The molecule has 1 atom stereocenters. The third-order valence-electron chi connectivity index (χ3n) is 7.24. The molecule has 41 heavy (non-hydrogen) atoms. The average Bonchev–Trinajstić information content (AvgIpc) is 2.91. The topological polar surface area (TPSA) is 88.2 Å². The van der Waals surface area contributed by atoms with Crippen molar-refractivity contribution >= 4 is 27.5 Å². The quantitative estimate of drug-likeness (QED) is 0.314. The highest BCUT2D eigenvalue weighted by molar-refractivity contribution is 7.89. The van der Waals surface area contributed by atoms with Gasteiger partial charge in [-0.05, 0) is 93.6 Å². The van der Waals surface area contributed by atoms with E-state index < -0.39 is 22.1 Å². The summed E-state index contributed by atoms with van der Waals surface area (Å²) in [6.45, 7) is 0.290. The van der Waals surface area contributed by atoms with Crippen molar-refractivity contribution in [2.24, 2.45) is 11.8 Å². The molecule has 0 radical (unpaired) electrons. The molecule has 0 aliphatic heterocycles. The third-order valence-corrected chi connectivity index (χ3v) is 9.37. The Morgan fingerprint density at radius 2 is 1.63 bits per heavy atom. The van der Waals surface area contributed by atoms with E-state index in [2.05, 4.69) is 41.2 Å². The fourth-order valence-corrected chi connectivity index (χ4v) is 6.42. The molecule has 3 rings (SSSR count). The number of likely N-dealkylation sites (N-methyl/N-ethyl adjacent to an activating group) is 1. The number of halogens is 4. The van der Waals surface area contributed by atoms with Crippen LogP contribution >= 0.6 is 11.6 Å². The van der Waals surface area contributed by atoms with Crippen molar-refractivity contribution in [3.63, 3.8) is 0 Å². The number of carbonyl (C=O) groups excluding carboxylic acids is 1. The van der Waals surface area contributed by atoms with Gasteiger partial charge >= 0.3 is 6.36 Å². The van der Waals surface area contributed by atoms with E-state index in [9.17, 15) is 26.4 Å². The largest absolute Gasteiger partial charge is 0.573 e. The Balaban J connectivity index is 1.35. The smallest absolute Gasteiger partial charge is 0.406 e. The molecule has 1 aliphatic rings. The molecule has 2 aromatic carbocycles. The SMILES string of the molecule is CN(C)C(c1ccc(Cl)cc1)C1CCC(CNC(=O)COCCN(C)S(=O)(=O)c2ccc(OC(F)(F)F)cc2)CC1. The fraction of sp³-hybridized carbons (Fsp3) is 0.536. The van der Waals surface area contributed by atoms with Crippen LogP contribution in [0.5, 0.6) is 5.75 Å². The molecular formula is C28H37ClF3N3O5S. The summed E-state index contributed by atoms with van der Waals surface area (Å²) < 4.78 is 72.4. The zero-order chi connectivity index (χ0) is 30.2. The minimum absolute atomic E-state index is 0.0276. The highest BCUT2D eigenvalue weighted by atomic mass is 35.5. The molecule has 1 N–H and O–H groups in total. The van der Waals surface area contributed by atoms with Gasteiger partial charge in [-0.15, -0.1) is 13.2 Å². The van der Waals surface area contributed by atoms with Gasteiger partial charge in [0.1, 0.15) is 12.4 Å². The Bertz CT molecular complexity index is 1220. The number of carbonyl (C=O) groups is 1. The lowest BCUT2D eigenvalue weighted by atomic mass is 9.76. The third kappa shape index (κ3) is 10.1. The second-order valence-corrected chi connectivity index (χ2v) is 12.9. The summed E-state index contributed by atoms with van der Waals surface area (Å²) in [7, 11) is 1.55. The summed E-state index contributed by atoms with van der Waals surface area (Å²) in [5.74, 6) is 0.107. The molecule has 0 saturated heterocycles. The van der Waals surface area contributed by atoms with Gasteiger partial charge in [0.15, 0.2) is 0 Å². The Morgan fingerprint density at radius 1 is 1.02 bits per heavy atom. The first kappa shape index (κ1) is 33.1.